The van der Waals surface area contributed by atoms with Gasteiger partial charge in [-0.3, -0.25) is 0 Å². The minimum absolute atomic E-state index is 0.117. The van der Waals surface area contributed by atoms with Crippen LogP contribution in [0.15, 0.2) is 66.9 Å². The van der Waals surface area contributed by atoms with Crippen LogP contribution in [0, 0.1) is 0 Å². The molecule has 166 valence electrons. The van der Waals surface area contributed by atoms with Gasteiger partial charge in [-0.2, -0.15) is 0 Å². The molecule has 1 aliphatic rings. The van der Waals surface area contributed by atoms with Crippen molar-refractivity contribution in [3.8, 4) is 5.75 Å². The molecule has 3 N–H and O–H groups in total. The van der Waals surface area contributed by atoms with Crippen molar-refractivity contribution in [3.63, 3.8) is 0 Å². The van der Waals surface area contributed by atoms with Gasteiger partial charge in [0.25, 0.3) is 0 Å². The summed E-state index contributed by atoms with van der Waals surface area (Å²) in [5.41, 5.74) is 4.38. The quantitative estimate of drug-likeness (QED) is 0.534. The van der Waals surface area contributed by atoms with Crippen LogP contribution in [-0.2, 0) is 19.5 Å². The molecule has 0 saturated heterocycles. The second-order valence-electron chi connectivity index (χ2n) is 7.82. The van der Waals surface area contributed by atoms with E-state index in [0.29, 0.717) is 12.1 Å². The molecular weight excluding hydrogens is 404 g/mol. The number of aliphatic hydroxyl groups is 1. The molecule has 7 nitrogen and oxygen atoms in total. The van der Waals surface area contributed by atoms with Gasteiger partial charge in [0.1, 0.15) is 11.6 Å². The molecule has 0 fully saturated rings. The molecule has 1 aliphatic heterocycles. The molecule has 1 atom stereocenters. The SMILES string of the molecule is COc1ccc(C(O)CNC(=O)NCc2ccc(N3CCc4ccccc4C3)nc2)cc1. The summed E-state index contributed by atoms with van der Waals surface area (Å²) < 4.78 is 5.11. The van der Waals surface area contributed by atoms with Crippen LogP contribution >= 0.6 is 0 Å². The third kappa shape index (κ3) is 5.36. The van der Waals surface area contributed by atoms with Gasteiger partial charge in [-0.05, 0) is 46.9 Å². The zero-order valence-electron chi connectivity index (χ0n) is 18.1. The number of hydrogen-bond acceptors (Lipinski definition) is 5. The Morgan fingerprint density at radius 1 is 1.09 bits per heavy atom. The van der Waals surface area contributed by atoms with Crippen LogP contribution in [0.25, 0.3) is 0 Å². The van der Waals surface area contributed by atoms with E-state index in [1.807, 2.05) is 12.1 Å². The third-order valence-corrected chi connectivity index (χ3v) is 5.67. The Bertz CT molecular complexity index is 1040. The lowest BCUT2D eigenvalue weighted by Crippen LogP contribution is -2.37. The van der Waals surface area contributed by atoms with Crippen molar-refractivity contribution in [2.45, 2.75) is 25.6 Å². The van der Waals surface area contributed by atoms with Crippen molar-refractivity contribution in [1.29, 1.82) is 0 Å². The Balaban J connectivity index is 1.23. The summed E-state index contributed by atoms with van der Waals surface area (Å²) in [6.45, 7) is 2.28. The molecule has 2 aromatic carbocycles. The fraction of sp³-hybridized carbons (Fsp3) is 0.280. The van der Waals surface area contributed by atoms with E-state index in [0.717, 1.165) is 36.6 Å². The van der Waals surface area contributed by atoms with E-state index in [-0.39, 0.29) is 12.6 Å². The first-order valence-electron chi connectivity index (χ1n) is 10.7. The molecule has 0 saturated carbocycles. The summed E-state index contributed by atoms with van der Waals surface area (Å²) in [5.74, 6) is 1.66. The monoisotopic (exact) mass is 432 g/mol. The lowest BCUT2D eigenvalue weighted by molar-refractivity contribution is 0.173. The van der Waals surface area contributed by atoms with E-state index in [4.69, 9.17) is 4.74 Å². The van der Waals surface area contributed by atoms with Gasteiger partial charge in [-0.1, -0.05) is 42.5 Å². The fourth-order valence-electron chi connectivity index (χ4n) is 3.78. The zero-order chi connectivity index (χ0) is 22.3. The largest absolute Gasteiger partial charge is 0.497 e. The number of nitrogens with one attached hydrogen (secondary N) is 2. The second kappa shape index (κ2) is 10.2. The van der Waals surface area contributed by atoms with Crippen LogP contribution in [0.4, 0.5) is 10.6 Å². The van der Waals surface area contributed by atoms with E-state index in [1.54, 1.807) is 37.6 Å². The summed E-state index contributed by atoms with van der Waals surface area (Å²) >= 11 is 0. The summed E-state index contributed by atoms with van der Waals surface area (Å²) in [5, 5.41) is 15.7. The Labute approximate surface area is 188 Å². The summed E-state index contributed by atoms with van der Waals surface area (Å²) in [4.78, 5) is 19.0. The van der Waals surface area contributed by atoms with Crippen molar-refractivity contribution in [1.82, 2.24) is 15.6 Å². The molecule has 0 aliphatic carbocycles. The van der Waals surface area contributed by atoms with Gasteiger partial charge in [0.15, 0.2) is 0 Å². The van der Waals surface area contributed by atoms with Crippen LogP contribution in [-0.4, -0.2) is 36.3 Å². The Kier molecular flexibility index (Phi) is 6.87. The first-order chi connectivity index (χ1) is 15.6. The molecule has 2 heterocycles. The van der Waals surface area contributed by atoms with Crippen LogP contribution in [0.3, 0.4) is 0 Å². The van der Waals surface area contributed by atoms with Crippen molar-refractivity contribution in [3.05, 3.63) is 89.1 Å². The molecule has 1 aromatic heterocycles. The Hall–Kier alpha value is -3.58. The van der Waals surface area contributed by atoms with Gasteiger partial charge >= 0.3 is 6.03 Å². The minimum atomic E-state index is -0.790. The average Bonchev–Trinajstić information content (AvgIpc) is 2.86. The van der Waals surface area contributed by atoms with Crippen LogP contribution in [0.1, 0.15) is 28.4 Å². The number of aromatic nitrogens is 1. The summed E-state index contributed by atoms with van der Waals surface area (Å²) in [6.07, 6.45) is 2.02. The van der Waals surface area contributed by atoms with Gasteiger partial charge in [-0.15, -0.1) is 0 Å². The van der Waals surface area contributed by atoms with Crippen LogP contribution < -0.4 is 20.3 Å². The topological polar surface area (TPSA) is 86.7 Å². The molecule has 2 amide bonds. The number of rotatable bonds is 7. The molecule has 0 radical (unpaired) electrons. The molecule has 0 spiro atoms. The van der Waals surface area contributed by atoms with E-state index < -0.39 is 6.10 Å². The number of aliphatic hydroxyl groups excluding tert-OH is 1. The van der Waals surface area contributed by atoms with Gasteiger partial charge < -0.3 is 25.4 Å². The van der Waals surface area contributed by atoms with E-state index in [2.05, 4.69) is 44.8 Å². The maximum absolute atomic E-state index is 12.1. The molecule has 3 aromatic rings. The van der Waals surface area contributed by atoms with Crippen molar-refractivity contribution < 1.29 is 14.6 Å². The van der Waals surface area contributed by atoms with E-state index >= 15 is 0 Å². The highest BCUT2D eigenvalue weighted by molar-refractivity contribution is 5.73. The number of benzene rings is 2. The lowest BCUT2D eigenvalue weighted by atomic mass is 10.00. The van der Waals surface area contributed by atoms with E-state index in [1.165, 1.54) is 11.1 Å². The first-order valence-corrected chi connectivity index (χ1v) is 10.7. The highest BCUT2D eigenvalue weighted by Crippen LogP contribution is 2.23. The smallest absolute Gasteiger partial charge is 0.315 e. The predicted octanol–water partition coefficient (Wildman–Crippen LogP) is 3.19. The average molecular weight is 433 g/mol. The van der Waals surface area contributed by atoms with Crippen molar-refractivity contribution >= 4 is 11.8 Å². The van der Waals surface area contributed by atoms with Gasteiger partial charge in [-0.25, -0.2) is 9.78 Å². The van der Waals surface area contributed by atoms with Crippen molar-refractivity contribution in [2.75, 3.05) is 25.1 Å². The summed E-state index contributed by atoms with van der Waals surface area (Å²) in [6, 6.07) is 19.3. The number of nitrogens with zero attached hydrogens (tertiary/aromatic N) is 2. The highest BCUT2D eigenvalue weighted by atomic mass is 16.5. The van der Waals surface area contributed by atoms with Gasteiger partial charge in [0.2, 0.25) is 0 Å². The number of urea groups is 1. The van der Waals surface area contributed by atoms with Gasteiger partial charge in [0.05, 0.1) is 13.2 Å². The first kappa shape index (κ1) is 21.6. The van der Waals surface area contributed by atoms with Crippen molar-refractivity contribution in [2.24, 2.45) is 0 Å². The lowest BCUT2D eigenvalue weighted by Gasteiger charge is -2.29. The van der Waals surface area contributed by atoms with E-state index in [9.17, 15) is 9.90 Å². The van der Waals surface area contributed by atoms with Crippen LogP contribution in [0.5, 0.6) is 5.75 Å². The molecule has 0 bridgehead atoms. The van der Waals surface area contributed by atoms with Crippen LogP contribution in [0.2, 0.25) is 0 Å². The number of anilines is 1. The Morgan fingerprint density at radius 2 is 1.88 bits per heavy atom. The fourth-order valence-corrected chi connectivity index (χ4v) is 3.78. The number of fused-ring (bicyclic) bond motifs is 1. The minimum Gasteiger partial charge on any atom is -0.497 e. The Morgan fingerprint density at radius 3 is 2.59 bits per heavy atom. The molecule has 7 heteroatoms. The zero-order valence-corrected chi connectivity index (χ0v) is 18.1. The normalized spacial score (nSPS) is 13.8. The number of carbonyl (C=O) groups excluding carboxylic acids is 1. The summed E-state index contributed by atoms with van der Waals surface area (Å²) in [7, 11) is 1.59. The third-order valence-electron chi connectivity index (χ3n) is 5.67. The van der Waals surface area contributed by atoms with Gasteiger partial charge in [0, 0.05) is 32.4 Å². The molecule has 32 heavy (non-hydrogen) atoms. The second-order valence-corrected chi connectivity index (χ2v) is 7.82. The number of amides is 2. The highest BCUT2D eigenvalue weighted by Gasteiger charge is 2.17. The standard InChI is InChI=1S/C25H28N4O3/c1-32-22-9-7-20(8-10-22)23(30)16-28-25(31)27-15-18-6-11-24(26-14-18)29-13-12-19-4-2-3-5-21(19)17-29/h2-11,14,23,30H,12-13,15-17H2,1H3,(H2,27,28,31). The molecule has 4 rings (SSSR count). The molecular formula is C25H28N4O3. The molecule has 1 unspecified atom stereocenters. The number of pyridine rings is 1. The number of ether oxygens (including phenoxy) is 1. The maximum atomic E-state index is 12.1. The predicted molar refractivity (Wildman–Crippen MR) is 124 cm³/mol. The number of carbonyl (C=O) groups is 1. The maximum Gasteiger partial charge on any atom is 0.315 e. The number of hydrogen-bond donors (Lipinski definition) is 3. The number of methoxy groups -OCH3 is 1.